The standard InChI is InChI=1S/C21H25N3O2S2/c1-2-27-18-9-4-3-6-15(18)21(26)24-12-10-23(11-13-24)14-19-22-16-7-5-8-17(25)20(16)28-19/h3-4,6,9H,2,5,7-8,10-14H2,1H3. The van der Waals surface area contributed by atoms with Gasteiger partial charge in [0.2, 0.25) is 0 Å². The van der Waals surface area contributed by atoms with Gasteiger partial charge in [-0.3, -0.25) is 14.5 Å². The molecule has 1 aromatic carbocycles. The summed E-state index contributed by atoms with van der Waals surface area (Å²) in [5, 5.41) is 1.03. The van der Waals surface area contributed by atoms with Crippen molar-refractivity contribution in [3.63, 3.8) is 0 Å². The molecular weight excluding hydrogens is 390 g/mol. The lowest BCUT2D eigenvalue weighted by atomic mass is 10.0. The zero-order valence-electron chi connectivity index (χ0n) is 16.1. The fourth-order valence-electron chi connectivity index (χ4n) is 3.78. The first-order chi connectivity index (χ1) is 13.7. The molecule has 0 unspecified atom stereocenters. The number of fused-ring (bicyclic) bond motifs is 1. The molecule has 0 N–H and O–H groups in total. The van der Waals surface area contributed by atoms with Gasteiger partial charge in [0.15, 0.2) is 5.78 Å². The molecule has 0 saturated carbocycles. The van der Waals surface area contributed by atoms with Crippen molar-refractivity contribution in [1.82, 2.24) is 14.8 Å². The topological polar surface area (TPSA) is 53.5 Å². The van der Waals surface area contributed by atoms with Gasteiger partial charge in [-0.1, -0.05) is 19.1 Å². The summed E-state index contributed by atoms with van der Waals surface area (Å²) in [6.45, 7) is 6.02. The van der Waals surface area contributed by atoms with Crippen LogP contribution in [0.5, 0.6) is 0 Å². The van der Waals surface area contributed by atoms with Gasteiger partial charge in [-0.2, -0.15) is 0 Å². The molecule has 1 aliphatic heterocycles. The number of thiazole rings is 1. The molecule has 0 bridgehead atoms. The van der Waals surface area contributed by atoms with E-state index in [0.717, 1.165) is 77.4 Å². The number of thioether (sulfide) groups is 1. The van der Waals surface area contributed by atoms with Gasteiger partial charge in [0.1, 0.15) is 5.01 Å². The Morgan fingerprint density at radius 3 is 2.71 bits per heavy atom. The molecule has 0 atom stereocenters. The van der Waals surface area contributed by atoms with Crippen molar-refractivity contribution in [2.45, 2.75) is 37.6 Å². The highest BCUT2D eigenvalue weighted by Gasteiger charge is 2.26. The normalized spacial score (nSPS) is 17.6. The molecule has 1 aromatic heterocycles. The highest BCUT2D eigenvalue weighted by molar-refractivity contribution is 7.99. The summed E-state index contributed by atoms with van der Waals surface area (Å²) in [6.07, 6.45) is 2.51. The van der Waals surface area contributed by atoms with Crippen LogP contribution in [0.15, 0.2) is 29.2 Å². The number of carbonyl (C=O) groups excluding carboxylic acids is 2. The van der Waals surface area contributed by atoms with Crippen molar-refractivity contribution in [1.29, 1.82) is 0 Å². The maximum Gasteiger partial charge on any atom is 0.255 e. The maximum atomic E-state index is 13.0. The van der Waals surface area contributed by atoms with E-state index < -0.39 is 0 Å². The second-order valence-corrected chi connectivity index (χ2v) is 9.55. The van der Waals surface area contributed by atoms with Crippen molar-refractivity contribution < 1.29 is 9.59 Å². The number of hydrogen-bond acceptors (Lipinski definition) is 6. The van der Waals surface area contributed by atoms with E-state index in [1.807, 2.05) is 29.2 Å². The van der Waals surface area contributed by atoms with E-state index >= 15 is 0 Å². The molecule has 0 radical (unpaired) electrons. The number of piperazine rings is 1. The average Bonchev–Trinajstić information content (AvgIpc) is 3.13. The zero-order valence-corrected chi connectivity index (χ0v) is 17.8. The van der Waals surface area contributed by atoms with Crippen molar-refractivity contribution >= 4 is 34.8 Å². The molecule has 2 aliphatic rings. The van der Waals surface area contributed by atoms with Gasteiger partial charge in [-0.05, 0) is 30.7 Å². The van der Waals surface area contributed by atoms with Crippen molar-refractivity contribution in [2.24, 2.45) is 0 Å². The van der Waals surface area contributed by atoms with E-state index in [4.69, 9.17) is 4.98 Å². The monoisotopic (exact) mass is 415 g/mol. The average molecular weight is 416 g/mol. The summed E-state index contributed by atoms with van der Waals surface area (Å²) in [5.74, 6) is 1.34. The van der Waals surface area contributed by atoms with E-state index in [0.29, 0.717) is 6.42 Å². The van der Waals surface area contributed by atoms with Crippen LogP contribution in [-0.4, -0.2) is 58.4 Å². The van der Waals surface area contributed by atoms with Crippen molar-refractivity contribution in [3.05, 3.63) is 45.4 Å². The Balaban J connectivity index is 1.36. The molecule has 0 spiro atoms. The van der Waals surface area contributed by atoms with Crippen LogP contribution in [-0.2, 0) is 13.0 Å². The Hall–Kier alpha value is -1.70. The first-order valence-corrected chi connectivity index (χ1v) is 11.7. The lowest BCUT2D eigenvalue weighted by Gasteiger charge is -2.34. The van der Waals surface area contributed by atoms with Gasteiger partial charge in [0.05, 0.1) is 22.7 Å². The minimum absolute atomic E-state index is 0.131. The lowest BCUT2D eigenvalue weighted by molar-refractivity contribution is 0.0625. The smallest absolute Gasteiger partial charge is 0.255 e. The molecule has 28 heavy (non-hydrogen) atoms. The molecule has 4 rings (SSSR count). The predicted molar refractivity (Wildman–Crippen MR) is 113 cm³/mol. The van der Waals surface area contributed by atoms with Gasteiger partial charge in [0.25, 0.3) is 5.91 Å². The van der Waals surface area contributed by atoms with Gasteiger partial charge < -0.3 is 4.90 Å². The van der Waals surface area contributed by atoms with Crippen LogP contribution >= 0.6 is 23.1 Å². The minimum atomic E-state index is 0.131. The number of nitrogens with zero attached hydrogens (tertiary/aromatic N) is 3. The highest BCUT2D eigenvalue weighted by Crippen LogP contribution is 2.28. The Morgan fingerprint density at radius 1 is 1.18 bits per heavy atom. The summed E-state index contributed by atoms with van der Waals surface area (Å²) in [4.78, 5) is 35.9. The van der Waals surface area contributed by atoms with Gasteiger partial charge in [-0.15, -0.1) is 23.1 Å². The molecule has 5 nitrogen and oxygen atoms in total. The Bertz CT molecular complexity index is 872. The molecule has 1 amide bonds. The van der Waals surface area contributed by atoms with E-state index in [9.17, 15) is 9.59 Å². The second kappa shape index (κ2) is 8.76. The summed E-state index contributed by atoms with van der Waals surface area (Å²) >= 11 is 3.28. The SMILES string of the molecule is CCSc1ccccc1C(=O)N1CCN(Cc2nc3c(s2)C(=O)CCC3)CC1. The summed E-state index contributed by atoms with van der Waals surface area (Å²) in [6, 6.07) is 7.90. The largest absolute Gasteiger partial charge is 0.336 e. The maximum absolute atomic E-state index is 13.0. The highest BCUT2D eigenvalue weighted by atomic mass is 32.2. The number of aryl methyl sites for hydroxylation is 1. The van der Waals surface area contributed by atoms with Crippen LogP contribution in [0.3, 0.4) is 0 Å². The number of ketones is 1. The molecule has 7 heteroatoms. The van der Waals surface area contributed by atoms with Crippen LogP contribution in [0.25, 0.3) is 0 Å². The molecular formula is C21H25N3O2S2. The van der Waals surface area contributed by atoms with Crippen molar-refractivity contribution in [2.75, 3.05) is 31.9 Å². The van der Waals surface area contributed by atoms with Crippen LogP contribution < -0.4 is 0 Å². The van der Waals surface area contributed by atoms with Gasteiger partial charge >= 0.3 is 0 Å². The summed E-state index contributed by atoms with van der Waals surface area (Å²) < 4.78 is 0. The number of Topliss-reactive ketones (excluding diaryl/α,β-unsaturated/α-hetero) is 1. The molecule has 2 aromatic rings. The fraction of sp³-hybridized carbons (Fsp3) is 0.476. The Kier molecular flexibility index (Phi) is 6.13. The number of carbonyl (C=O) groups is 2. The molecule has 1 aliphatic carbocycles. The molecule has 2 heterocycles. The third-order valence-corrected chi connectivity index (χ3v) is 7.33. The predicted octanol–water partition coefficient (Wildman–Crippen LogP) is 3.73. The summed E-state index contributed by atoms with van der Waals surface area (Å²) in [5.41, 5.74) is 1.81. The quantitative estimate of drug-likeness (QED) is 0.697. The summed E-state index contributed by atoms with van der Waals surface area (Å²) in [7, 11) is 0. The Morgan fingerprint density at radius 2 is 1.96 bits per heavy atom. The number of benzene rings is 1. The third-order valence-electron chi connectivity index (χ3n) is 5.25. The van der Waals surface area contributed by atoms with Gasteiger partial charge in [0, 0.05) is 37.5 Å². The minimum Gasteiger partial charge on any atom is -0.336 e. The first-order valence-electron chi connectivity index (χ1n) is 9.91. The number of aromatic nitrogens is 1. The van der Waals surface area contributed by atoms with Gasteiger partial charge in [-0.25, -0.2) is 4.98 Å². The number of hydrogen-bond donors (Lipinski definition) is 0. The zero-order chi connectivity index (χ0) is 19.5. The number of rotatable bonds is 5. The van der Waals surface area contributed by atoms with E-state index in [-0.39, 0.29) is 11.7 Å². The van der Waals surface area contributed by atoms with E-state index in [1.54, 1.807) is 23.1 Å². The number of amides is 1. The first kappa shape index (κ1) is 19.6. The fourth-order valence-corrected chi connectivity index (χ4v) is 5.70. The van der Waals surface area contributed by atoms with E-state index in [1.165, 1.54) is 0 Å². The Labute approximate surface area is 174 Å². The van der Waals surface area contributed by atoms with Crippen LogP contribution in [0.4, 0.5) is 0 Å². The lowest BCUT2D eigenvalue weighted by Crippen LogP contribution is -2.48. The molecule has 1 fully saturated rings. The van der Waals surface area contributed by atoms with E-state index in [2.05, 4.69) is 11.8 Å². The van der Waals surface area contributed by atoms with Crippen LogP contribution in [0, 0.1) is 0 Å². The van der Waals surface area contributed by atoms with Crippen molar-refractivity contribution in [3.8, 4) is 0 Å². The molecule has 148 valence electrons. The molecule has 1 saturated heterocycles. The third kappa shape index (κ3) is 4.16. The second-order valence-electron chi connectivity index (χ2n) is 7.16. The van der Waals surface area contributed by atoms with Crippen LogP contribution in [0.2, 0.25) is 0 Å². The van der Waals surface area contributed by atoms with Crippen LogP contribution in [0.1, 0.15) is 50.5 Å².